The first kappa shape index (κ1) is 21.2. The Labute approximate surface area is 187 Å². The number of fused-ring (bicyclic) bond motifs is 1. The van der Waals surface area contributed by atoms with E-state index in [1.807, 2.05) is 0 Å². The van der Waals surface area contributed by atoms with Gasteiger partial charge in [0.1, 0.15) is 5.00 Å². The molecule has 1 aromatic heterocycles. The summed E-state index contributed by atoms with van der Waals surface area (Å²) in [6.45, 7) is 0. The van der Waals surface area contributed by atoms with E-state index in [4.69, 9.17) is 11.6 Å². The van der Waals surface area contributed by atoms with Gasteiger partial charge in [0.05, 0.1) is 17.4 Å². The molecule has 1 aliphatic heterocycles. The number of carboxylic acids is 1. The molecule has 2 heterocycles. The van der Waals surface area contributed by atoms with Crippen molar-refractivity contribution in [2.75, 3.05) is 10.6 Å². The minimum absolute atomic E-state index is 0.286. The van der Waals surface area contributed by atoms with Crippen molar-refractivity contribution in [3.05, 3.63) is 45.3 Å². The van der Waals surface area contributed by atoms with Gasteiger partial charge in [0.15, 0.2) is 0 Å². The number of nitrogens with one attached hydrogen (secondary N) is 2. The predicted molar refractivity (Wildman–Crippen MR) is 120 cm³/mol. The van der Waals surface area contributed by atoms with Gasteiger partial charge in [-0.15, -0.1) is 11.3 Å². The minimum Gasteiger partial charge on any atom is -0.481 e. The molecule has 0 spiro atoms. The van der Waals surface area contributed by atoms with Crippen LogP contribution in [0.1, 0.15) is 46.5 Å². The summed E-state index contributed by atoms with van der Waals surface area (Å²) in [7, 11) is 0. The zero-order valence-corrected chi connectivity index (χ0v) is 18.5. The van der Waals surface area contributed by atoms with E-state index < -0.39 is 17.8 Å². The zero-order valence-electron chi connectivity index (χ0n) is 16.1. The van der Waals surface area contributed by atoms with Gasteiger partial charge in [-0.3, -0.25) is 14.4 Å². The molecule has 1 aromatic carbocycles. The largest absolute Gasteiger partial charge is 0.481 e. The van der Waals surface area contributed by atoms with Crippen molar-refractivity contribution < 1.29 is 19.5 Å². The van der Waals surface area contributed by atoms with E-state index in [1.165, 1.54) is 11.3 Å². The zero-order chi connectivity index (χ0) is 21.3. The highest BCUT2D eigenvalue weighted by molar-refractivity contribution is 7.98. The molecule has 0 saturated heterocycles. The van der Waals surface area contributed by atoms with Crippen LogP contribution in [0.3, 0.4) is 0 Å². The van der Waals surface area contributed by atoms with Crippen molar-refractivity contribution in [3.63, 3.8) is 0 Å². The van der Waals surface area contributed by atoms with E-state index in [2.05, 4.69) is 10.6 Å². The fourth-order valence-electron chi connectivity index (χ4n) is 4.03. The summed E-state index contributed by atoms with van der Waals surface area (Å²) in [5, 5.41) is 16.3. The van der Waals surface area contributed by atoms with E-state index in [0.717, 1.165) is 29.0 Å². The van der Waals surface area contributed by atoms with Gasteiger partial charge in [0.2, 0.25) is 5.91 Å². The normalized spacial score (nSPS) is 20.4. The highest BCUT2D eigenvalue weighted by atomic mass is 35.5. The van der Waals surface area contributed by atoms with Crippen LogP contribution in [0, 0.1) is 11.8 Å². The Morgan fingerprint density at radius 1 is 1.00 bits per heavy atom. The molecule has 0 bridgehead atoms. The molecule has 1 aliphatic carbocycles. The maximum absolute atomic E-state index is 13.1. The summed E-state index contributed by atoms with van der Waals surface area (Å²) in [4.78, 5) is 38.7. The lowest BCUT2D eigenvalue weighted by atomic mass is 9.79. The summed E-state index contributed by atoms with van der Waals surface area (Å²) in [6.07, 6.45) is 2.72. The smallest absolute Gasteiger partial charge is 0.307 e. The van der Waals surface area contributed by atoms with E-state index in [0.29, 0.717) is 39.9 Å². The number of halogens is 1. The first-order valence-corrected chi connectivity index (χ1v) is 12.1. The lowest BCUT2D eigenvalue weighted by Crippen LogP contribution is -2.36. The minimum atomic E-state index is -0.930. The topological polar surface area (TPSA) is 95.5 Å². The van der Waals surface area contributed by atoms with Crippen LogP contribution in [0.4, 0.5) is 10.7 Å². The first-order chi connectivity index (χ1) is 14.4. The second-order valence-corrected chi connectivity index (χ2v) is 10.0. The van der Waals surface area contributed by atoms with Gasteiger partial charge in [-0.1, -0.05) is 24.4 Å². The molecule has 3 N–H and O–H groups in total. The second kappa shape index (κ2) is 8.99. The van der Waals surface area contributed by atoms with Crippen molar-refractivity contribution in [2.45, 2.75) is 37.2 Å². The molecule has 0 radical (unpaired) electrons. The van der Waals surface area contributed by atoms with Crippen molar-refractivity contribution >= 4 is 63.2 Å². The van der Waals surface area contributed by atoms with Crippen LogP contribution in [-0.4, -0.2) is 22.9 Å². The number of anilines is 2. The highest BCUT2D eigenvalue weighted by Crippen LogP contribution is 2.44. The van der Waals surface area contributed by atoms with Crippen molar-refractivity contribution in [2.24, 2.45) is 11.8 Å². The van der Waals surface area contributed by atoms with E-state index >= 15 is 0 Å². The van der Waals surface area contributed by atoms with E-state index in [9.17, 15) is 19.5 Å². The molecule has 2 aliphatic rings. The number of aliphatic carboxylic acids is 1. The number of carbonyl (C=O) groups is 3. The Morgan fingerprint density at radius 2 is 1.70 bits per heavy atom. The van der Waals surface area contributed by atoms with Crippen molar-refractivity contribution in [1.29, 1.82) is 0 Å². The van der Waals surface area contributed by atoms with Crippen LogP contribution in [0.25, 0.3) is 0 Å². The number of rotatable bonds is 5. The lowest BCUT2D eigenvalue weighted by molar-refractivity contribution is -0.147. The molecular formula is C21H21ClN2O4S2. The third kappa shape index (κ3) is 4.36. The fourth-order valence-corrected chi connectivity index (χ4v) is 6.73. The highest BCUT2D eigenvalue weighted by Gasteiger charge is 2.37. The van der Waals surface area contributed by atoms with Crippen LogP contribution in [-0.2, 0) is 21.1 Å². The molecule has 2 unspecified atom stereocenters. The summed E-state index contributed by atoms with van der Waals surface area (Å²) in [5.41, 5.74) is 2.04. The Bertz CT molecular complexity index is 990. The number of thiophene rings is 1. The number of hydrogen-bond acceptors (Lipinski definition) is 5. The quantitative estimate of drug-likeness (QED) is 0.563. The molecule has 1 saturated carbocycles. The average molecular weight is 465 g/mol. The number of amides is 2. The van der Waals surface area contributed by atoms with Crippen LogP contribution in [0.2, 0.25) is 5.02 Å². The third-order valence-electron chi connectivity index (χ3n) is 5.56. The van der Waals surface area contributed by atoms with Crippen LogP contribution in [0.15, 0.2) is 24.3 Å². The van der Waals surface area contributed by atoms with Crippen molar-refractivity contribution in [1.82, 2.24) is 0 Å². The second-order valence-electron chi connectivity index (χ2n) is 7.49. The molecular weight excluding hydrogens is 444 g/mol. The summed E-state index contributed by atoms with van der Waals surface area (Å²) >= 11 is 9.05. The maximum atomic E-state index is 13.1. The Balaban J connectivity index is 1.58. The number of carbonyl (C=O) groups excluding carboxylic acids is 2. The molecule has 2 amide bonds. The van der Waals surface area contributed by atoms with Gasteiger partial charge in [0.25, 0.3) is 5.91 Å². The van der Waals surface area contributed by atoms with Gasteiger partial charge in [-0.25, -0.2) is 0 Å². The molecule has 158 valence electrons. The number of carboxylic acid groups (broad SMARTS) is 1. The van der Waals surface area contributed by atoms with E-state index in [-0.39, 0.29) is 11.8 Å². The van der Waals surface area contributed by atoms with Gasteiger partial charge in [-0.05, 0) is 42.7 Å². The van der Waals surface area contributed by atoms with Gasteiger partial charge in [0, 0.05) is 27.1 Å². The summed E-state index contributed by atoms with van der Waals surface area (Å²) < 4.78 is 0. The molecule has 30 heavy (non-hydrogen) atoms. The Morgan fingerprint density at radius 3 is 2.40 bits per heavy atom. The van der Waals surface area contributed by atoms with Crippen LogP contribution >= 0.6 is 34.7 Å². The number of thioether (sulfide) groups is 1. The van der Waals surface area contributed by atoms with Gasteiger partial charge >= 0.3 is 5.97 Å². The van der Waals surface area contributed by atoms with Gasteiger partial charge < -0.3 is 15.7 Å². The summed E-state index contributed by atoms with van der Waals surface area (Å²) in [6, 6.07) is 6.84. The first-order valence-electron chi connectivity index (χ1n) is 9.77. The third-order valence-corrected chi connectivity index (χ3v) is 8.12. The SMILES string of the molecule is O=C(Nc1ccc(Cl)cc1)c1c(NC(=O)C2CCCCC2C(=O)O)sc2c1CSC2. The van der Waals surface area contributed by atoms with Crippen molar-refractivity contribution in [3.8, 4) is 0 Å². The number of hydrogen-bond donors (Lipinski definition) is 3. The Hall–Kier alpha value is -2.03. The van der Waals surface area contributed by atoms with E-state index in [1.54, 1.807) is 36.0 Å². The molecule has 2 aromatic rings. The molecule has 4 rings (SSSR count). The van der Waals surface area contributed by atoms with Gasteiger partial charge in [-0.2, -0.15) is 11.8 Å². The summed E-state index contributed by atoms with van der Waals surface area (Å²) in [5.74, 6) is -1.26. The lowest BCUT2D eigenvalue weighted by Gasteiger charge is -2.27. The molecule has 2 atom stereocenters. The van der Waals surface area contributed by atoms with Crippen LogP contribution in [0.5, 0.6) is 0 Å². The maximum Gasteiger partial charge on any atom is 0.307 e. The molecule has 9 heteroatoms. The predicted octanol–water partition coefficient (Wildman–Crippen LogP) is 5.23. The number of benzene rings is 1. The molecule has 6 nitrogen and oxygen atoms in total. The Kier molecular flexibility index (Phi) is 6.36. The average Bonchev–Trinajstić information content (AvgIpc) is 3.30. The monoisotopic (exact) mass is 464 g/mol. The fraction of sp³-hybridized carbons (Fsp3) is 0.381. The molecule has 1 fully saturated rings. The van der Waals surface area contributed by atoms with Crippen LogP contribution < -0.4 is 10.6 Å². The standard InChI is InChI=1S/C21H21ClN2O4S2/c22-11-5-7-12(8-6-11)23-19(26)17-15-9-29-10-16(15)30-20(17)24-18(25)13-3-1-2-4-14(13)21(27)28/h5-8,13-14H,1-4,9-10H2,(H,23,26)(H,24,25)(H,27,28).